The normalized spacial score (nSPS) is 14.3. The molecule has 1 aromatic carbocycles. The van der Waals surface area contributed by atoms with Crippen LogP contribution in [0.15, 0.2) is 36.5 Å². The highest BCUT2D eigenvalue weighted by atomic mass is 15.0. The topological polar surface area (TPSA) is 43.3 Å². The molecule has 0 bridgehead atoms. The lowest BCUT2D eigenvalue weighted by Crippen LogP contribution is -2.04. The number of imidazole rings is 1. The van der Waals surface area contributed by atoms with Gasteiger partial charge in [-0.25, -0.2) is 4.98 Å². The average Bonchev–Trinajstić information content (AvgIpc) is 2.92. The fourth-order valence-corrected chi connectivity index (χ4v) is 3.51. The molecule has 0 saturated carbocycles. The molecule has 0 fully saturated rings. The van der Waals surface area contributed by atoms with Gasteiger partial charge in [-0.1, -0.05) is 18.2 Å². The first-order valence-electron chi connectivity index (χ1n) is 8.06. The molecular weight excluding hydrogens is 270 g/mol. The Morgan fingerprint density at radius 1 is 1.09 bits per heavy atom. The Balaban J connectivity index is 1.90. The fraction of sp³-hybridized carbons (Fsp3) is 0.316. The molecule has 3 nitrogen and oxygen atoms in total. The van der Waals surface area contributed by atoms with Gasteiger partial charge in [0.25, 0.3) is 0 Å². The van der Waals surface area contributed by atoms with Crippen molar-refractivity contribution >= 4 is 5.65 Å². The van der Waals surface area contributed by atoms with Gasteiger partial charge in [-0.15, -0.1) is 0 Å². The Morgan fingerprint density at radius 2 is 1.91 bits per heavy atom. The molecule has 3 aromatic rings. The molecule has 2 heterocycles. The van der Waals surface area contributed by atoms with Gasteiger partial charge in [-0.2, -0.15) is 0 Å². The molecule has 0 aliphatic heterocycles. The molecule has 3 heteroatoms. The summed E-state index contributed by atoms with van der Waals surface area (Å²) in [5, 5.41) is 0. The Labute approximate surface area is 130 Å². The van der Waals surface area contributed by atoms with Crippen molar-refractivity contribution in [3.63, 3.8) is 0 Å². The molecule has 0 saturated heterocycles. The lowest BCUT2D eigenvalue weighted by atomic mass is 9.90. The monoisotopic (exact) mass is 291 g/mol. The minimum Gasteiger partial charge on any atom is -0.325 e. The van der Waals surface area contributed by atoms with E-state index in [2.05, 4.69) is 47.9 Å². The molecule has 1 aliphatic rings. The van der Waals surface area contributed by atoms with Gasteiger partial charge in [0.15, 0.2) is 0 Å². The van der Waals surface area contributed by atoms with Crippen LogP contribution in [-0.2, 0) is 19.4 Å². The zero-order valence-corrected chi connectivity index (χ0v) is 13.0. The smallest absolute Gasteiger partial charge is 0.137 e. The summed E-state index contributed by atoms with van der Waals surface area (Å²) in [6, 6.07) is 11.0. The number of hydrogen-bond acceptors (Lipinski definition) is 2. The van der Waals surface area contributed by atoms with Gasteiger partial charge in [0, 0.05) is 18.3 Å². The summed E-state index contributed by atoms with van der Waals surface area (Å²) in [4.78, 5) is 4.83. The number of nitrogens with zero attached hydrogens (tertiary/aromatic N) is 2. The van der Waals surface area contributed by atoms with Gasteiger partial charge in [-0.3, -0.25) is 0 Å². The highest BCUT2D eigenvalue weighted by molar-refractivity contribution is 5.68. The summed E-state index contributed by atoms with van der Waals surface area (Å²) in [6.45, 7) is 2.59. The molecule has 22 heavy (non-hydrogen) atoms. The number of rotatable bonds is 2. The van der Waals surface area contributed by atoms with Crippen LogP contribution in [-0.4, -0.2) is 9.38 Å². The highest BCUT2D eigenvalue weighted by Gasteiger charge is 2.15. The third-order valence-electron chi connectivity index (χ3n) is 4.68. The maximum atomic E-state index is 6.03. The largest absolute Gasteiger partial charge is 0.325 e. The maximum Gasteiger partial charge on any atom is 0.137 e. The Bertz CT molecular complexity index is 845. The highest BCUT2D eigenvalue weighted by Crippen LogP contribution is 2.29. The number of pyridine rings is 1. The zero-order chi connectivity index (χ0) is 15.1. The van der Waals surface area contributed by atoms with Crippen molar-refractivity contribution in [2.45, 2.75) is 39.2 Å². The first-order chi connectivity index (χ1) is 10.8. The molecule has 0 amide bonds. The van der Waals surface area contributed by atoms with Crippen LogP contribution >= 0.6 is 0 Å². The van der Waals surface area contributed by atoms with Crippen molar-refractivity contribution in [1.82, 2.24) is 9.38 Å². The van der Waals surface area contributed by atoms with Crippen molar-refractivity contribution in [2.24, 2.45) is 5.73 Å². The van der Waals surface area contributed by atoms with E-state index in [-0.39, 0.29) is 0 Å². The average molecular weight is 291 g/mol. The molecular formula is C19H21N3. The van der Waals surface area contributed by atoms with E-state index in [0.717, 1.165) is 17.0 Å². The van der Waals surface area contributed by atoms with Gasteiger partial charge >= 0.3 is 0 Å². The van der Waals surface area contributed by atoms with Crippen LogP contribution in [0.1, 0.15) is 35.2 Å². The number of aryl methyl sites for hydroxylation is 3. The van der Waals surface area contributed by atoms with Crippen LogP contribution in [0.3, 0.4) is 0 Å². The Kier molecular flexibility index (Phi) is 3.23. The quantitative estimate of drug-likeness (QED) is 0.783. The number of hydrogen-bond donors (Lipinski definition) is 1. The standard InChI is InChI=1S/C19H21N3/c1-13-6-9-18-21-19(17(11-20)22(18)12-13)16-8-7-14-4-2-3-5-15(14)10-16/h6-10,12H,2-5,11,20H2,1H3. The van der Waals surface area contributed by atoms with Crippen LogP contribution in [0.2, 0.25) is 0 Å². The summed E-state index contributed by atoms with van der Waals surface area (Å²) in [6.07, 6.45) is 7.13. The van der Waals surface area contributed by atoms with E-state index in [0.29, 0.717) is 6.54 Å². The number of aromatic nitrogens is 2. The van der Waals surface area contributed by atoms with E-state index in [4.69, 9.17) is 10.7 Å². The third kappa shape index (κ3) is 2.13. The summed E-state index contributed by atoms with van der Waals surface area (Å²) in [5.41, 5.74) is 14.5. The third-order valence-corrected chi connectivity index (χ3v) is 4.68. The van der Waals surface area contributed by atoms with Crippen molar-refractivity contribution < 1.29 is 0 Å². The van der Waals surface area contributed by atoms with Crippen molar-refractivity contribution in [1.29, 1.82) is 0 Å². The van der Waals surface area contributed by atoms with E-state index in [1.165, 1.54) is 47.9 Å². The lowest BCUT2D eigenvalue weighted by molar-refractivity contribution is 0.686. The molecule has 0 atom stereocenters. The van der Waals surface area contributed by atoms with Crippen LogP contribution < -0.4 is 5.73 Å². The van der Waals surface area contributed by atoms with Gasteiger partial charge in [0.05, 0.1) is 11.4 Å². The predicted octanol–water partition coefficient (Wildman–Crippen LogP) is 3.65. The zero-order valence-electron chi connectivity index (χ0n) is 13.0. The van der Waals surface area contributed by atoms with Crippen LogP contribution in [0, 0.1) is 6.92 Å². The van der Waals surface area contributed by atoms with E-state index in [1.807, 2.05) is 0 Å². The maximum absolute atomic E-state index is 6.03. The van der Waals surface area contributed by atoms with E-state index < -0.39 is 0 Å². The number of nitrogens with two attached hydrogens (primary N) is 1. The Hall–Kier alpha value is -2.13. The minimum absolute atomic E-state index is 0.497. The van der Waals surface area contributed by atoms with Gasteiger partial charge in [0.2, 0.25) is 0 Å². The molecule has 0 unspecified atom stereocenters. The van der Waals surface area contributed by atoms with Crippen molar-refractivity contribution in [2.75, 3.05) is 0 Å². The Morgan fingerprint density at radius 3 is 2.73 bits per heavy atom. The summed E-state index contributed by atoms with van der Waals surface area (Å²) >= 11 is 0. The molecule has 112 valence electrons. The van der Waals surface area contributed by atoms with Crippen LogP contribution in [0.25, 0.3) is 16.9 Å². The second-order valence-electron chi connectivity index (χ2n) is 6.24. The lowest BCUT2D eigenvalue weighted by Gasteiger charge is -2.16. The minimum atomic E-state index is 0.497. The van der Waals surface area contributed by atoms with Gasteiger partial charge < -0.3 is 10.1 Å². The van der Waals surface area contributed by atoms with Crippen LogP contribution in [0.4, 0.5) is 0 Å². The van der Waals surface area contributed by atoms with Crippen molar-refractivity contribution in [3.8, 4) is 11.3 Å². The van der Waals surface area contributed by atoms with Gasteiger partial charge in [-0.05, 0) is 61.4 Å². The first-order valence-corrected chi connectivity index (χ1v) is 8.06. The SMILES string of the molecule is Cc1ccc2nc(-c3ccc4c(c3)CCCC4)c(CN)n2c1. The van der Waals surface area contributed by atoms with Crippen LogP contribution in [0.5, 0.6) is 0 Å². The molecule has 2 aromatic heterocycles. The van der Waals surface area contributed by atoms with Crippen molar-refractivity contribution in [3.05, 3.63) is 58.9 Å². The molecule has 0 spiro atoms. The number of fused-ring (bicyclic) bond motifs is 2. The second-order valence-corrected chi connectivity index (χ2v) is 6.24. The van der Waals surface area contributed by atoms with E-state index >= 15 is 0 Å². The predicted molar refractivity (Wildman–Crippen MR) is 89.9 cm³/mol. The van der Waals surface area contributed by atoms with E-state index in [1.54, 1.807) is 0 Å². The number of benzene rings is 1. The fourth-order valence-electron chi connectivity index (χ4n) is 3.51. The summed E-state index contributed by atoms with van der Waals surface area (Å²) in [5.74, 6) is 0. The molecule has 1 aliphatic carbocycles. The summed E-state index contributed by atoms with van der Waals surface area (Å²) in [7, 11) is 0. The first kappa shape index (κ1) is 13.5. The van der Waals surface area contributed by atoms with E-state index in [9.17, 15) is 0 Å². The molecule has 0 radical (unpaired) electrons. The molecule has 4 rings (SSSR count). The summed E-state index contributed by atoms with van der Waals surface area (Å²) < 4.78 is 2.13. The van der Waals surface area contributed by atoms with Gasteiger partial charge in [0.1, 0.15) is 5.65 Å². The second kappa shape index (κ2) is 5.25. The molecule has 2 N–H and O–H groups in total.